The molecule has 0 bridgehead atoms. The molecule has 0 aromatic heterocycles. The minimum absolute atomic E-state index is 0.795. The predicted octanol–water partition coefficient (Wildman–Crippen LogP) is 11.1. The number of fused-ring (bicyclic) bond motifs is 4. The van der Waals surface area contributed by atoms with E-state index in [4.69, 9.17) is 17.0 Å². The third kappa shape index (κ3) is 8.82. The first-order chi connectivity index (χ1) is 24.5. The predicted molar refractivity (Wildman–Crippen MR) is 229 cm³/mol. The number of hydrogen-bond acceptors (Lipinski definition) is 0. The summed E-state index contributed by atoms with van der Waals surface area (Å²) in [5.74, 6) is 0. The standard InChI is InChI=1S/C33H35Si2.C12H7Si.2ClH.Zr/c1-34(2,3)29-20-28(21-30(23-29)35(4,5)6)33-31(25-15-11-8-12-16-25)18-17-26-19-27(22-32(26)33)24-13-9-7-10-14-24;1-3-7-11-9(5-1)10-6-2-4-8-12(10)13-11;;;/h7-23H,1-6H3;1-7H;2*1H;/q2*-1;;;+4/p-2. The maximum atomic E-state index is 4.93. The minimum atomic E-state index is -1.50. The van der Waals surface area contributed by atoms with Gasteiger partial charge in [-0.3, -0.25) is 0 Å². The third-order valence-corrected chi connectivity index (χ3v) is 14.8. The van der Waals surface area contributed by atoms with Gasteiger partial charge in [-0.1, -0.05) is 175 Å². The van der Waals surface area contributed by atoms with Crippen molar-refractivity contribution in [2.75, 3.05) is 0 Å². The van der Waals surface area contributed by atoms with Gasteiger partial charge >= 0.3 is 37.9 Å². The van der Waals surface area contributed by atoms with E-state index in [2.05, 4.69) is 185 Å². The zero-order valence-corrected chi connectivity index (χ0v) is 37.1. The molecule has 1 aliphatic rings. The Balaban J connectivity index is 0.000000230. The second kappa shape index (κ2) is 16.4. The van der Waals surface area contributed by atoms with E-state index in [1.165, 1.54) is 65.7 Å². The van der Waals surface area contributed by atoms with Crippen molar-refractivity contribution >= 4 is 74.2 Å². The smallest absolute Gasteiger partial charge is 0.0920 e. The average Bonchev–Trinajstić information content (AvgIpc) is 3.74. The molecule has 0 fully saturated rings. The van der Waals surface area contributed by atoms with E-state index in [9.17, 15) is 0 Å². The van der Waals surface area contributed by atoms with Gasteiger partial charge in [0.2, 0.25) is 0 Å². The molecule has 1 aliphatic heterocycles. The summed E-state index contributed by atoms with van der Waals surface area (Å²) in [4.78, 5) is 0. The Labute approximate surface area is 327 Å². The molecule has 6 heteroatoms. The first-order valence-corrected chi connectivity index (χ1v) is 31.6. The number of rotatable bonds is 5. The first-order valence-electron chi connectivity index (χ1n) is 17.3. The van der Waals surface area contributed by atoms with Crippen molar-refractivity contribution in [1.29, 1.82) is 0 Å². The monoisotopic (exact) mass is 826 g/mol. The van der Waals surface area contributed by atoms with Crippen molar-refractivity contribution in [2.45, 2.75) is 39.3 Å². The van der Waals surface area contributed by atoms with E-state index in [-0.39, 0.29) is 0 Å². The van der Waals surface area contributed by atoms with Gasteiger partial charge in [-0.15, -0.1) is 40.1 Å². The Morgan fingerprint density at radius 1 is 0.569 bits per heavy atom. The third-order valence-electron chi connectivity index (χ3n) is 9.37. The molecular formula is C45H42Cl2Si3Zr. The molecule has 8 rings (SSSR count). The fraction of sp³-hybridized carbons (Fsp3) is 0.133. The van der Waals surface area contributed by atoms with Gasteiger partial charge in [0, 0.05) is 0 Å². The van der Waals surface area contributed by atoms with Crippen LogP contribution in [-0.4, -0.2) is 25.7 Å². The van der Waals surface area contributed by atoms with Gasteiger partial charge < -0.3 is 0 Å². The molecule has 0 aliphatic carbocycles. The number of halogens is 2. The second-order valence-corrected chi connectivity index (χ2v) is 30.1. The van der Waals surface area contributed by atoms with E-state index in [0.717, 1.165) is 9.52 Å². The molecule has 0 saturated carbocycles. The molecular weight excluding hydrogens is 787 g/mol. The summed E-state index contributed by atoms with van der Waals surface area (Å²) in [6.45, 7) is 14.8. The first kappa shape index (κ1) is 37.8. The van der Waals surface area contributed by atoms with E-state index < -0.39 is 37.0 Å². The topological polar surface area (TPSA) is 0 Å². The van der Waals surface area contributed by atoms with Crippen LogP contribution in [0.5, 0.6) is 0 Å². The molecule has 0 spiro atoms. The molecule has 252 valence electrons. The molecule has 0 N–H and O–H groups in total. The van der Waals surface area contributed by atoms with Crippen LogP contribution in [0, 0.1) is 6.07 Å². The van der Waals surface area contributed by atoms with Gasteiger partial charge in [0.25, 0.3) is 0 Å². The molecule has 0 amide bonds. The molecule has 51 heavy (non-hydrogen) atoms. The molecule has 7 aromatic carbocycles. The molecule has 0 atom stereocenters. The fourth-order valence-corrected chi connectivity index (χ4v) is 10.4. The second-order valence-electron chi connectivity index (χ2n) is 15.0. The Bertz CT molecular complexity index is 2170. The zero-order chi connectivity index (χ0) is 36.2. The van der Waals surface area contributed by atoms with Crippen molar-refractivity contribution in [2.24, 2.45) is 0 Å². The van der Waals surface area contributed by atoms with Crippen molar-refractivity contribution in [3.05, 3.63) is 152 Å². The minimum Gasteiger partial charge on any atom is -0.184 e. The maximum Gasteiger partial charge on any atom is 0.0920 e. The van der Waals surface area contributed by atoms with Crippen LogP contribution < -0.4 is 20.7 Å². The van der Waals surface area contributed by atoms with Crippen LogP contribution in [0.2, 0.25) is 39.3 Å². The van der Waals surface area contributed by atoms with Crippen LogP contribution in [0.3, 0.4) is 0 Å². The quantitative estimate of drug-likeness (QED) is 0.120. The normalized spacial score (nSPS) is 11.8. The van der Waals surface area contributed by atoms with Crippen molar-refractivity contribution in [3.8, 4) is 44.5 Å². The Hall–Kier alpha value is -2.96. The van der Waals surface area contributed by atoms with Gasteiger partial charge in [-0.2, -0.15) is 29.5 Å². The summed E-state index contributed by atoms with van der Waals surface area (Å²) in [6.07, 6.45) is 0. The molecule has 0 saturated heterocycles. The van der Waals surface area contributed by atoms with Crippen LogP contribution in [0.4, 0.5) is 0 Å². The fourth-order valence-electron chi connectivity index (χ4n) is 6.61. The summed E-state index contributed by atoms with van der Waals surface area (Å²) >= 11 is -0.826. The van der Waals surface area contributed by atoms with E-state index in [1.807, 2.05) is 6.07 Å². The Morgan fingerprint density at radius 3 is 1.76 bits per heavy atom. The summed E-state index contributed by atoms with van der Waals surface area (Å²) in [6, 6.07) is 56.7. The molecule has 2 radical (unpaired) electrons. The van der Waals surface area contributed by atoms with Crippen molar-refractivity contribution in [3.63, 3.8) is 0 Å². The zero-order valence-electron chi connectivity index (χ0n) is 30.1. The van der Waals surface area contributed by atoms with Gasteiger partial charge in [-0.25, -0.2) is 0 Å². The van der Waals surface area contributed by atoms with Crippen molar-refractivity contribution in [1.82, 2.24) is 0 Å². The Morgan fingerprint density at radius 2 is 1.14 bits per heavy atom. The summed E-state index contributed by atoms with van der Waals surface area (Å²) in [5, 5.41) is 8.59. The number of hydrogen-bond donors (Lipinski definition) is 0. The summed E-state index contributed by atoms with van der Waals surface area (Å²) in [5.41, 5.74) is 10.7. The molecule has 7 aromatic rings. The summed E-state index contributed by atoms with van der Waals surface area (Å²) in [7, 11) is 7.67. The van der Waals surface area contributed by atoms with Gasteiger partial charge in [0.15, 0.2) is 0 Å². The van der Waals surface area contributed by atoms with Crippen LogP contribution in [-0.2, 0) is 20.8 Å². The van der Waals surface area contributed by atoms with Crippen LogP contribution >= 0.6 is 17.0 Å². The molecule has 1 heterocycles. The van der Waals surface area contributed by atoms with E-state index in [0.29, 0.717) is 0 Å². The van der Waals surface area contributed by atoms with Gasteiger partial charge in [0.05, 0.1) is 25.7 Å². The molecule has 0 unspecified atom stereocenters. The van der Waals surface area contributed by atoms with Crippen molar-refractivity contribution < 1.29 is 20.8 Å². The van der Waals surface area contributed by atoms with E-state index in [1.54, 1.807) is 10.4 Å². The number of benzene rings is 6. The van der Waals surface area contributed by atoms with E-state index >= 15 is 0 Å². The van der Waals surface area contributed by atoms with Crippen LogP contribution in [0.25, 0.3) is 55.3 Å². The maximum absolute atomic E-state index is 4.93. The molecule has 0 nitrogen and oxygen atoms in total. The van der Waals surface area contributed by atoms with Crippen LogP contribution in [0.1, 0.15) is 0 Å². The average molecular weight is 829 g/mol. The summed E-state index contributed by atoms with van der Waals surface area (Å²) < 4.78 is 0. The Kier molecular flexibility index (Phi) is 12.1. The van der Waals surface area contributed by atoms with Gasteiger partial charge in [-0.05, 0) is 22.3 Å². The van der Waals surface area contributed by atoms with Gasteiger partial charge in [0.1, 0.15) is 0 Å². The van der Waals surface area contributed by atoms with Crippen LogP contribution in [0.15, 0.2) is 146 Å². The SMILES string of the molecule is C[Si](C)(C)c1cc(-c2c(-c3ccccc3)ccc3[cH-]c(-c4ccccc4)cc23)cc([Si](C)(C)C)c1.[Cl][Zr+2][Cl].[c-]1cccc2c1[Si]c1ccccc1-2. The largest absolute Gasteiger partial charge is 0.184 e.